The zero-order valence-corrected chi connectivity index (χ0v) is 25.2. The van der Waals surface area contributed by atoms with Crippen LogP contribution in [0.2, 0.25) is 0 Å². The molecule has 0 N–H and O–H groups in total. The summed E-state index contributed by atoms with van der Waals surface area (Å²) in [6.07, 6.45) is 1.88. The predicted molar refractivity (Wildman–Crippen MR) is 194 cm³/mol. The van der Waals surface area contributed by atoms with Crippen molar-refractivity contribution in [1.82, 2.24) is 23.5 Å². The summed E-state index contributed by atoms with van der Waals surface area (Å²) >= 11 is 0. The molecular formula is C42H25N5. The summed E-state index contributed by atoms with van der Waals surface area (Å²) in [6.45, 7) is 0. The van der Waals surface area contributed by atoms with E-state index in [2.05, 4.69) is 153 Å². The number of aromatic nitrogens is 5. The number of pyridine rings is 2. The quantitative estimate of drug-likeness (QED) is 0.186. The van der Waals surface area contributed by atoms with Gasteiger partial charge < -0.3 is 9.13 Å². The number of hydrogen-bond donors (Lipinski definition) is 0. The Bertz CT molecular complexity index is 3060. The minimum absolute atomic E-state index is 0.916. The molecule has 0 spiro atoms. The van der Waals surface area contributed by atoms with E-state index in [9.17, 15) is 0 Å². The van der Waals surface area contributed by atoms with Gasteiger partial charge in [-0.05, 0) is 84.2 Å². The number of para-hydroxylation sites is 5. The molecule has 0 aliphatic rings. The highest BCUT2D eigenvalue weighted by Gasteiger charge is 2.23. The van der Waals surface area contributed by atoms with Crippen LogP contribution in [-0.4, -0.2) is 23.5 Å². The Morgan fingerprint density at radius 2 is 1.00 bits per heavy atom. The molecule has 0 aliphatic carbocycles. The van der Waals surface area contributed by atoms with E-state index in [4.69, 9.17) is 9.97 Å². The topological polar surface area (TPSA) is 40.0 Å². The van der Waals surface area contributed by atoms with Gasteiger partial charge in [-0.2, -0.15) is 0 Å². The van der Waals surface area contributed by atoms with Crippen molar-refractivity contribution in [3.8, 4) is 11.4 Å². The second-order valence-electron chi connectivity index (χ2n) is 12.3. The first-order chi connectivity index (χ1) is 23.3. The molecule has 11 rings (SSSR count). The Morgan fingerprint density at radius 1 is 0.383 bits per heavy atom. The van der Waals surface area contributed by atoms with Crippen molar-refractivity contribution < 1.29 is 0 Å². The number of nitrogens with zero attached hydrogens (tertiary/aromatic N) is 5. The van der Waals surface area contributed by atoms with Gasteiger partial charge in [0.15, 0.2) is 0 Å². The molecular weight excluding hydrogens is 574 g/mol. The van der Waals surface area contributed by atoms with Crippen LogP contribution in [0.25, 0.3) is 93.5 Å². The molecule has 0 amide bonds. The standard InChI is InChI=1S/C42H25N5/c1-3-12-26(13-4-1)45-34-19-9-7-16-29(34)39-36(45)21-22-37-40(39)32-24-31-30(25-38(32)46(37)27-14-5-2-6-15-27)28-17-11-23-43-41(28)47-35-20-10-8-18-33(35)44-42(31)47/h1-25H. The lowest BCUT2D eigenvalue weighted by atomic mass is 10.0. The Balaban J connectivity index is 1.42. The zero-order valence-electron chi connectivity index (χ0n) is 25.2. The van der Waals surface area contributed by atoms with Crippen molar-refractivity contribution in [3.05, 3.63) is 152 Å². The SMILES string of the molecule is c1ccc(-n2c3ccccc3c3c4c5cc6c(cc5n(-c5ccccc5)c4ccc32)c2cccnc2n2c3ccccc3nc62)cc1. The molecule has 0 saturated heterocycles. The van der Waals surface area contributed by atoms with Crippen LogP contribution in [0.5, 0.6) is 0 Å². The van der Waals surface area contributed by atoms with E-state index in [0.717, 1.165) is 55.4 Å². The van der Waals surface area contributed by atoms with Gasteiger partial charge in [0.2, 0.25) is 0 Å². The average molecular weight is 600 g/mol. The van der Waals surface area contributed by atoms with E-state index in [1.54, 1.807) is 0 Å². The maximum atomic E-state index is 5.21. The van der Waals surface area contributed by atoms with Gasteiger partial charge in [-0.1, -0.05) is 66.7 Å². The van der Waals surface area contributed by atoms with Crippen LogP contribution in [-0.2, 0) is 0 Å². The molecule has 6 aromatic carbocycles. The van der Waals surface area contributed by atoms with Crippen LogP contribution in [0.4, 0.5) is 0 Å². The third-order valence-electron chi connectivity index (χ3n) is 9.82. The van der Waals surface area contributed by atoms with Crippen molar-refractivity contribution in [2.45, 2.75) is 0 Å². The molecule has 5 aromatic heterocycles. The van der Waals surface area contributed by atoms with E-state index in [1.165, 1.54) is 38.1 Å². The average Bonchev–Trinajstić information content (AvgIpc) is 3.79. The van der Waals surface area contributed by atoms with Crippen molar-refractivity contribution in [2.24, 2.45) is 0 Å². The number of fused-ring (bicyclic) bond motifs is 15. The largest absolute Gasteiger partial charge is 0.309 e. The second kappa shape index (κ2) is 9.05. The fourth-order valence-electron chi connectivity index (χ4n) is 7.94. The third kappa shape index (κ3) is 3.22. The van der Waals surface area contributed by atoms with E-state index in [1.807, 2.05) is 12.3 Å². The Labute approximate surface area is 268 Å². The Morgan fingerprint density at radius 3 is 1.77 bits per heavy atom. The van der Waals surface area contributed by atoms with Gasteiger partial charge in [0.1, 0.15) is 11.3 Å². The third-order valence-corrected chi connectivity index (χ3v) is 9.82. The van der Waals surface area contributed by atoms with E-state index in [0.29, 0.717) is 0 Å². The van der Waals surface area contributed by atoms with Gasteiger partial charge in [0.05, 0.1) is 33.1 Å². The van der Waals surface area contributed by atoms with Crippen LogP contribution in [0.3, 0.4) is 0 Å². The summed E-state index contributed by atoms with van der Waals surface area (Å²) in [5, 5.41) is 8.31. The van der Waals surface area contributed by atoms with Crippen molar-refractivity contribution >= 4 is 82.1 Å². The van der Waals surface area contributed by atoms with Crippen LogP contribution < -0.4 is 0 Å². The molecule has 11 aromatic rings. The summed E-state index contributed by atoms with van der Waals surface area (Å²) in [5.74, 6) is 0. The number of imidazole rings is 1. The molecule has 0 aliphatic heterocycles. The molecule has 0 saturated carbocycles. The lowest BCUT2D eigenvalue weighted by Gasteiger charge is -2.11. The molecule has 5 nitrogen and oxygen atoms in total. The Hall–Kier alpha value is -6.46. The minimum Gasteiger partial charge on any atom is -0.309 e. The first-order valence-corrected chi connectivity index (χ1v) is 15.9. The molecule has 0 bridgehead atoms. The van der Waals surface area contributed by atoms with Gasteiger partial charge in [-0.25, -0.2) is 9.97 Å². The fourth-order valence-corrected chi connectivity index (χ4v) is 7.94. The molecule has 0 unspecified atom stereocenters. The van der Waals surface area contributed by atoms with Crippen LogP contribution in [0.1, 0.15) is 0 Å². The highest BCUT2D eigenvalue weighted by Crippen LogP contribution is 2.44. The lowest BCUT2D eigenvalue weighted by Crippen LogP contribution is -1.96. The summed E-state index contributed by atoms with van der Waals surface area (Å²) in [6, 6.07) is 52.1. The minimum atomic E-state index is 0.916. The normalized spacial score (nSPS) is 12.3. The monoisotopic (exact) mass is 599 g/mol. The first kappa shape index (κ1) is 24.8. The van der Waals surface area contributed by atoms with Gasteiger partial charge in [0.25, 0.3) is 0 Å². The van der Waals surface area contributed by atoms with Crippen molar-refractivity contribution in [2.75, 3.05) is 0 Å². The van der Waals surface area contributed by atoms with Crippen LogP contribution in [0, 0.1) is 0 Å². The van der Waals surface area contributed by atoms with Crippen molar-refractivity contribution in [1.29, 1.82) is 0 Å². The molecule has 0 radical (unpaired) electrons. The number of rotatable bonds is 2. The van der Waals surface area contributed by atoms with Crippen LogP contribution >= 0.6 is 0 Å². The highest BCUT2D eigenvalue weighted by molar-refractivity contribution is 6.31. The van der Waals surface area contributed by atoms with Gasteiger partial charge in [-0.15, -0.1) is 0 Å². The molecule has 5 heteroatoms. The first-order valence-electron chi connectivity index (χ1n) is 15.9. The maximum absolute atomic E-state index is 5.21. The number of benzene rings is 6. The Kier molecular flexibility index (Phi) is 4.78. The van der Waals surface area contributed by atoms with Gasteiger partial charge in [0, 0.05) is 49.9 Å². The molecule has 47 heavy (non-hydrogen) atoms. The smallest absolute Gasteiger partial charge is 0.147 e. The zero-order chi connectivity index (χ0) is 30.6. The summed E-state index contributed by atoms with van der Waals surface area (Å²) < 4.78 is 7.05. The van der Waals surface area contributed by atoms with E-state index >= 15 is 0 Å². The van der Waals surface area contributed by atoms with Gasteiger partial charge in [-0.3, -0.25) is 4.40 Å². The summed E-state index contributed by atoms with van der Waals surface area (Å²) in [4.78, 5) is 10.1. The van der Waals surface area contributed by atoms with Crippen molar-refractivity contribution in [3.63, 3.8) is 0 Å². The summed E-state index contributed by atoms with van der Waals surface area (Å²) in [7, 11) is 0. The second-order valence-corrected chi connectivity index (χ2v) is 12.3. The predicted octanol–water partition coefficient (Wildman–Crippen LogP) is 10.4. The van der Waals surface area contributed by atoms with Gasteiger partial charge >= 0.3 is 0 Å². The molecule has 5 heterocycles. The number of hydrogen-bond acceptors (Lipinski definition) is 2. The highest BCUT2D eigenvalue weighted by atomic mass is 15.1. The summed E-state index contributed by atoms with van der Waals surface area (Å²) in [5.41, 5.74) is 10.9. The van der Waals surface area contributed by atoms with E-state index in [-0.39, 0.29) is 0 Å². The maximum Gasteiger partial charge on any atom is 0.147 e. The molecule has 0 fully saturated rings. The molecule has 218 valence electrons. The lowest BCUT2D eigenvalue weighted by molar-refractivity contribution is 1.17. The fraction of sp³-hybridized carbons (Fsp3) is 0. The van der Waals surface area contributed by atoms with Crippen LogP contribution in [0.15, 0.2) is 152 Å². The van der Waals surface area contributed by atoms with E-state index < -0.39 is 0 Å². The molecule has 0 atom stereocenters.